The van der Waals surface area contributed by atoms with Gasteiger partial charge in [-0.05, 0) is 75.9 Å². The number of alkyl halides is 1. The lowest BCUT2D eigenvalue weighted by Crippen LogP contribution is -2.51. The van der Waals surface area contributed by atoms with Crippen molar-refractivity contribution >= 4 is 27.7 Å². The Hall–Kier alpha value is -4.65. The van der Waals surface area contributed by atoms with E-state index in [-0.39, 0.29) is 68.5 Å². The molecule has 0 aliphatic carbocycles. The van der Waals surface area contributed by atoms with Gasteiger partial charge in [-0.25, -0.2) is 23.3 Å². The number of amides is 3. The second kappa shape index (κ2) is 27.2. The quantitative estimate of drug-likeness (QED) is 0.0320. The van der Waals surface area contributed by atoms with Gasteiger partial charge < -0.3 is 34.9 Å². The summed E-state index contributed by atoms with van der Waals surface area (Å²) >= 11 is 0. The topological polar surface area (TPSA) is 255 Å². The molecule has 0 unspecified atom stereocenters. The van der Waals surface area contributed by atoms with Crippen molar-refractivity contribution in [2.45, 2.75) is 82.6 Å². The summed E-state index contributed by atoms with van der Waals surface area (Å²) in [4.78, 5) is 38.2. The van der Waals surface area contributed by atoms with Crippen molar-refractivity contribution in [3.63, 3.8) is 0 Å². The van der Waals surface area contributed by atoms with E-state index in [0.717, 1.165) is 23.7 Å². The van der Waals surface area contributed by atoms with Gasteiger partial charge in [-0.15, -0.1) is 10.2 Å². The lowest BCUT2D eigenvalue weighted by atomic mass is 10.0. The van der Waals surface area contributed by atoms with Crippen molar-refractivity contribution in [1.29, 1.82) is 0 Å². The number of benzene rings is 1. The maximum atomic E-state index is 13.8. The Bertz CT molecular complexity index is 1810. The number of hydrogen-bond donors (Lipinski definition) is 5. The number of halogens is 1. The molecule has 23 heteroatoms. The number of nitrogens with one attached hydrogen (secondary N) is 4. The fourth-order valence-electron chi connectivity index (χ4n) is 5.88. The molecule has 3 amide bonds. The first-order valence-electron chi connectivity index (χ1n) is 19.8. The zero-order chi connectivity index (χ0) is 43.8. The fourth-order valence-corrected chi connectivity index (χ4v) is 7.57. The van der Waals surface area contributed by atoms with Crippen LogP contribution in [-0.2, 0) is 64.7 Å². The van der Waals surface area contributed by atoms with Crippen LogP contribution in [-0.4, -0.2) is 151 Å². The Morgan fingerprint density at radius 2 is 1.52 bits per heavy atom. The summed E-state index contributed by atoms with van der Waals surface area (Å²) in [6.07, 6.45) is 5.93. The average Bonchev–Trinajstić information content (AvgIpc) is 3.89. The second-order valence-electron chi connectivity index (χ2n) is 13.9. The minimum absolute atomic E-state index is 0.0675. The van der Waals surface area contributed by atoms with E-state index in [1.807, 2.05) is 7.05 Å². The summed E-state index contributed by atoms with van der Waals surface area (Å²) in [5.74, 6) is -1.64. The smallest absolute Gasteiger partial charge is 0.262 e. The number of carbonyl (C=O) groups is 3. The number of hydroxylamine groups is 1. The molecule has 3 rings (SSSR count). The number of sulfonamides is 1. The largest absolute Gasteiger partial charge is 0.497 e. The van der Waals surface area contributed by atoms with Gasteiger partial charge in [0.05, 0.1) is 82.8 Å². The van der Waals surface area contributed by atoms with E-state index in [1.54, 1.807) is 31.7 Å². The summed E-state index contributed by atoms with van der Waals surface area (Å²) in [6.45, 7) is 5.48. The highest BCUT2D eigenvalue weighted by molar-refractivity contribution is 7.89. The number of unbranched alkanes of at least 4 members (excludes halogenated alkanes) is 1. The van der Waals surface area contributed by atoms with Crippen LogP contribution in [0, 0.1) is 5.92 Å². The number of aromatic nitrogens is 6. The molecular weight excluding hydrogens is 809 g/mol. The van der Waals surface area contributed by atoms with Gasteiger partial charge in [-0.3, -0.25) is 24.0 Å². The molecule has 0 aliphatic rings. The molecule has 0 saturated heterocycles. The van der Waals surface area contributed by atoms with Crippen LogP contribution in [0.3, 0.4) is 0 Å². The van der Waals surface area contributed by atoms with Crippen LogP contribution in [0.1, 0.15) is 50.9 Å². The molecule has 0 aliphatic heterocycles. The minimum Gasteiger partial charge on any atom is -0.497 e. The Kier molecular flexibility index (Phi) is 22.6. The van der Waals surface area contributed by atoms with Gasteiger partial charge in [0.25, 0.3) is 5.91 Å². The van der Waals surface area contributed by atoms with Crippen LogP contribution in [0.25, 0.3) is 0 Å². The molecule has 1 aromatic carbocycles. The Labute approximate surface area is 350 Å². The molecule has 60 heavy (non-hydrogen) atoms. The highest BCUT2D eigenvalue weighted by Gasteiger charge is 2.38. The molecule has 0 bridgehead atoms. The third-order valence-electron chi connectivity index (χ3n) is 8.92. The normalized spacial score (nSPS) is 12.7. The van der Waals surface area contributed by atoms with Crippen molar-refractivity contribution < 1.29 is 51.3 Å². The van der Waals surface area contributed by atoms with Crippen molar-refractivity contribution in [3.05, 3.63) is 48.0 Å². The zero-order valence-electron chi connectivity index (χ0n) is 34.8. The minimum atomic E-state index is -4.24. The molecule has 2 heterocycles. The molecule has 0 fully saturated rings. The van der Waals surface area contributed by atoms with E-state index in [9.17, 15) is 32.4 Å². The lowest BCUT2D eigenvalue weighted by Gasteiger charge is -2.31. The van der Waals surface area contributed by atoms with E-state index in [0.29, 0.717) is 50.5 Å². The van der Waals surface area contributed by atoms with Crippen molar-refractivity contribution in [3.8, 4) is 5.75 Å². The maximum Gasteiger partial charge on any atom is 0.262 e. The monoisotopic (exact) mass is 868 g/mol. The second-order valence-corrected chi connectivity index (χ2v) is 15.8. The molecule has 0 spiro atoms. The fraction of sp³-hybridized carbons (Fsp3) is 0.649. The van der Waals surface area contributed by atoms with Gasteiger partial charge in [-0.2, -0.15) is 4.31 Å². The van der Waals surface area contributed by atoms with Crippen LogP contribution in [0.5, 0.6) is 5.75 Å². The molecule has 5 N–H and O–H groups in total. The van der Waals surface area contributed by atoms with E-state index in [1.165, 1.54) is 40.7 Å². The van der Waals surface area contributed by atoms with Gasteiger partial charge >= 0.3 is 0 Å². The van der Waals surface area contributed by atoms with Gasteiger partial charge in [0, 0.05) is 18.9 Å². The van der Waals surface area contributed by atoms with Gasteiger partial charge in [0.15, 0.2) is 0 Å². The first kappa shape index (κ1) is 49.7. The lowest BCUT2D eigenvalue weighted by molar-refractivity contribution is -0.134. The van der Waals surface area contributed by atoms with Crippen LogP contribution in [0.4, 0.5) is 4.39 Å². The number of nitrogens with zero attached hydrogens (tertiary/aromatic N) is 7. The zero-order valence-corrected chi connectivity index (χ0v) is 35.6. The summed E-state index contributed by atoms with van der Waals surface area (Å²) in [5, 5.41) is 34.1. The Morgan fingerprint density at radius 3 is 2.17 bits per heavy atom. The van der Waals surface area contributed by atoms with E-state index >= 15 is 0 Å². The molecule has 21 nitrogen and oxygen atoms in total. The van der Waals surface area contributed by atoms with Gasteiger partial charge in [0.1, 0.15) is 24.4 Å². The van der Waals surface area contributed by atoms with Crippen LogP contribution < -0.4 is 26.2 Å². The standard InChI is InChI=1S/C37H60FN11O10S/c1-28(2)35(37(52)44-53)49(60(54,55)32-12-10-31(56-4)11-13-32)26-30-25-47(45-43-30)17-19-58-21-23-59-22-20-57-18-16-40-36(51)33(9-5-6-15-39-3)41-34(50)27-48-24-29(42-46-48)8-7-14-38/h10-13,24-25,28,33,35,39,53H,5-9,14-23,26-27H2,1-4H3,(H,40,51)(H,41,50)(H,44,52)/t33-,35+/m0/s1/i38-1. The Morgan fingerprint density at radius 1 is 0.867 bits per heavy atom. The molecule has 3 aromatic rings. The summed E-state index contributed by atoms with van der Waals surface area (Å²) in [7, 11) is -0.930. The van der Waals surface area contributed by atoms with Gasteiger partial charge in [0.2, 0.25) is 21.8 Å². The van der Waals surface area contributed by atoms with E-state index < -0.39 is 40.6 Å². The van der Waals surface area contributed by atoms with Crippen molar-refractivity contribution in [2.24, 2.45) is 5.92 Å². The molecule has 0 saturated carbocycles. The summed E-state index contributed by atoms with van der Waals surface area (Å²) in [6, 6.07) is 3.76. The van der Waals surface area contributed by atoms with Crippen LogP contribution in [0.15, 0.2) is 41.6 Å². The first-order valence-corrected chi connectivity index (χ1v) is 21.3. The van der Waals surface area contributed by atoms with E-state index in [2.05, 4.69) is 36.6 Å². The maximum absolute atomic E-state index is 13.8. The highest BCUT2D eigenvalue weighted by Crippen LogP contribution is 2.26. The highest BCUT2D eigenvalue weighted by atomic mass is 32.2. The van der Waals surface area contributed by atoms with E-state index in [4.69, 9.17) is 18.9 Å². The molecule has 2 aromatic heterocycles. The summed E-state index contributed by atoms with van der Waals surface area (Å²) in [5.41, 5.74) is 2.45. The first-order chi connectivity index (χ1) is 28.9. The van der Waals surface area contributed by atoms with Crippen LogP contribution >= 0.6 is 0 Å². The molecule has 2 atom stereocenters. The predicted molar refractivity (Wildman–Crippen MR) is 214 cm³/mol. The third kappa shape index (κ3) is 17.1. The molecular formula is C37H60FN11O10S. The third-order valence-corrected chi connectivity index (χ3v) is 10.8. The number of rotatable bonds is 32. The number of aryl methyl sites for hydroxylation is 1. The number of hydrogen-bond acceptors (Lipinski definition) is 15. The summed E-state index contributed by atoms with van der Waals surface area (Å²) < 4.78 is 65.7. The number of carbonyl (C=O) groups excluding carboxylic acids is 3. The van der Waals surface area contributed by atoms with Gasteiger partial charge in [-0.1, -0.05) is 24.3 Å². The van der Waals surface area contributed by atoms with Crippen LogP contribution in [0.2, 0.25) is 0 Å². The number of ether oxygens (including phenoxy) is 4. The average molecular weight is 869 g/mol. The molecule has 0 radical (unpaired) electrons. The molecule has 336 valence electrons. The van der Waals surface area contributed by atoms with Crippen molar-refractivity contribution in [1.82, 2.24) is 55.7 Å². The number of methoxy groups -OCH3 is 1. The SMILES string of the molecule is CNCCCC[C@H](NC(=O)Cn1cc(CCC[18F])nn1)C(=O)NCCOCCOCCOCCn1cc(CN([C@@H](C(=O)NO)C(C)C)S(=O)(=O)c2ccc(OC)cc2)nn1. The van der Waals surface area contributed by atoms with Crippen molar-refractivity contribution in [2.75, 3.05) is 73.6 Å². The predicted octanol–water partition coefficient (Wildman–Crippen LogP) is 0.242. The Balaban J connectivity index is 1.34.